The minimum Gasteiger partial charge on any atom is -0.467 e. The van der Waals surface area contributed by atoms with E-state index in [4.69, 9.17) is 0 Å². The van der Waals surface area contributed by atoms with Crippen molar-refractivity contribution in [3.05, 3.63) is 0 Å². The van der Waals surface area contributed by atoms with Crippen LogP contribution in [0.4, 0.5) is 0 Å². The number of carbonyl (C=O) groups is 2. The Morgan fingerprint density at radius 3 is 2.56 bits per heavy atom. The first-order valence-corrected chi connectivity index (χ1v) is 6.43. The molecule has 0 fully saturated rings. The number of carbonyl (C=O) groups excluding carboxylic acids is 2. The number of methoxy groups -OCH3 is 1. The second-order valence-electron chi connectivity index (χ2n) is 3.53. The summed E-state index contributed by atoms with van der Waals surface area (Å²) in [6.45, 7) is 2.72. The van der Waals surface area contributed by atoms with Gasteiger partial charge in [0.25, 0.3) is 0 Å². The molecular weight excluding hydrogens is 228 g/mol. The van der Waals surface area contributed by atoms with Crippen LogP contribution >= 0.6 is 11.8 Å². The van der Waals surface area contributed by atoms with Gasteiger partial charge in [0, 0.05) is 25.8 Å². The third-order valence-corrected chi connectivity index (χ3v) is 2.63. The van der Waals surface area contributed by atoms with E-state index >= 15 is 0 Å². The quantitative estimate of drug-likeness (QED) is 0.641. The molecule has 5 nitrogen and oxygen atoms in total. The summed E-state index contributed by atoms with van der Waals surface area (Å²) < 4.78 is 4.63. The minimum atomic E-state index is -0.589. The molecule has 0 aliphatic rings. The summed E-state index contributed by atoms with van der Waals surface area (Å²) in [6.07, 6.45) is 2.03. The number of amides is 1. The molecule has 1 atom stereocenters. The van der Waals surface area contributed by atoms with Gasteiger partial charge in [0.15, 0.2) is 0 Å². The molecule has 6 heteroatoms. The van der Waals surface area contributed by atoms with Crippen molar-refractivity contribution in [3.8, 4) is 0 Å². The predicted molar refractivity (Wildman–Crippen MR) is 65.5 cm³/mol. The van der Waals surface area contributed by atoms with Gasteiger partial charge in [-0.2, -0.15) is 11.8 Å². The van der Waals surface area contributed by atoms with Crippen molar-refractivity contribution in [1.82, 2.24) is 10.2 Å². The Morgan fingerprint density at radius 1 is 1.50 bits per heavy atom. The zero-order chi connectivity index (χ0) is 12.6. The van der Waals surface area contributed by atoms with Crippen LogP contribution in [-0.4, -0.2) is 62.1 Å². The fourth-order valence-electron chi connectivity index (χ4n) is 1.22. The Kier molecular flexibility index (Phi) is 8.01. The van der Waals surface area contributed by atoms with Crippen LogP contribution in [0.5, 0.6) is 0 Å². The maximum atomic E-state index is 11.4. The summed E-state index contributed by atoms with van der Waals surface area (Å²) in [5, 5.41) is 2.58. The molecule has 0 bridgehead atoms. The van der Waals surface area contributed by atoms with Crippen molar-refractivity contribution in [2.45, 2.75) is 13.0 Å². The zero-order valence-electron chi connectivity index (χ0n) is 10.3. The number of thioether (sulfide) groups is 1. The number of hydrogen-bond donors (Lipinski definition) is 1. The maximum Gasteiger partial charge on any atom is 0.329 e. The maximum absolute atomic E-state index is 11.4. The SMILES string of the molecule is COC(=O)C(CN(C)CCSC)NC(C)=O. The predicted octanol–water partition coefficient (Wildman–Crippen LogP) is -0.0411. The molecule has 94 valence electrons. The summed E-state index contributed by atoms with van der Waals surface area (Å²) in [5.41, 5.74) is 0. The standard InChI is InChI=1S/C10H20N2O3S/c1-8(13)11-9(10(14)15-3)7-12(2)5-6-16-4/h9H,5-7H2,1-4H3,(H,11,13). The third-order valence-electron chi connectivity index (χ3n) is 2.03. The normalized spacial score (nSPS) is 12.3. The Bertz CT molecular complexity index is 236. The van der Waals surface area contributed by atoms with Crippen LogP contribution in [0.3, 0.4) is 0 Å². The van der Waals surface area contributed by atoms with E-state index in [1.165, 1.54) is 14.0 Å². The number of nitrogens with one attached hydrogen (secondary N) is 1. The first-order chi connectivity index (χ1) is 7.51. The Balaban J connectivity index is 4.19. The fraction of sp³-hybridized carbons (Fsp3) is 0.800. The van der Waals surface area contributed by atoms with Crippen LogP contribution in [0, 0.1) is 0 Å². The van der Waals surface area contributed by atoms with Crippen LogP contribution in [0.15, 0.2) is 0 Å². The highest BCUT2D eigenvalue weighted by Gasteiger charge is 2.21. The topological polar surface area (TPSA) is 58.6 Å². The van der Waals surface area contributed by atoms with Gasteiger partial charge in [-0.3, -0.25) is 4.79 Å². The molecule has 1 unspecified atom stereocenters. The first-order valence-electron chi connectivity index (χ1n) is 5.03. The minimum absolute atomic E-state index is 0.228. The molecule has 0 radical (unpaired) electrons. The molecule has 0 aromatic carbocycles. The fourth-order valence-corrected chi connectivity index (χ4v) is 1.71. The van der Waals surface area contributed by atoms with E-state index in [1.807, 2.05) is 18.2 Å². The lowest BCUT2D eigenvalue weighted by Crippen LogP contribution is -2.47. The van der Waals surface area contributed by atoms with Gasteiger partial charge in [0.05, 0.1) is 7.11 Å². The molecule has 0 saturated heterocycles. The molecule has 0 heterocycles. The molecule has 16 heavy (non-hydrogen) atoms. The highest BCUT2D eigenvalue weighted by molar-refractivity contribution is 7.98. The van der Waals surface area contributed by atoms with E-state index in [0.717, 1.165) is 12.3 Å². The van der Waals surface area contributed by atoms with Crippen LogP contribution in [-0.2, 0) is 14.3 Å². The summed E-state index contributed by atoms with van der Waals surface area (Å²) in [6, 6.07) is -0.589. The summed E-state index contributed by atoms with van der Waals surface area (Å²) in [4.78, 5) is 24.3. The molecule has 0 aliphatic carbocycles. The van der Waals surface area contributed by atoms with E-state index in [9.17, 15) is 9.59 Å². The largest absolute Gasteiger partial charge is 0.467 e. The third kappa shape index (κ3) is 6.68. The van der Waals surface area contributed by atoms with Crippen LogP contribution < -0.4 is 5.32 Å². The van der Waals surface area contributed by atoms with E-state index in [1.54, 1.807) is 11.8 Å². The van der Waals surface area contributed by atoms with Gasteiger partial charge in [-0.1, -0.05) is 0 Å². The van der Waals surface area contributed by atoms with Crippen LogP contribution in [0.25, 0.3) is 0 Å². The Morgan fingerprint density at radius 2 is 2.12 bits per heavy atom. The van der Waals surface area contributed by atoms with Crippen molar-refractivity contribution < 1.29 is 14.3 Å². The number of ether oxygens (including phenoxy) is 1. The zero-order valence-corrected chi connectivity index (χ0v) is 11.1. The first kappa shape index (κ1) is 15.2. The summed E-state index contributed by atoms with van der Waals surface area (Å²) in [7, 11) is 3.23. The van der Waals surface area contributed by atoms with Crippen molar-refractivity contribution in [2.24, 2.45) is 0 Å². The van der Waals surface area contributed by atoms with E-state index < -0.39 is 12.0 Å². The number of esters is 1. The molecular formula is C10H20N2O3S. The molecule has 0 aliphatic heterocycles. The lowest BCUT2D eigenvalue weighted by Gasteiger charge is -2.22. The summed E-state index contributed by atoms with van der Waals surface area (Å²) in [5.74, 6) is 0.352. The average Bonchev–Trinajstić information content (AvgIpc) is 2.23. The van der Waals surface area contributed by atoms with Crippen molar-refractivity contribution >= 4 is 23.6 Å². The van der Waals surface area contributed by atoms with Gasteiger partial charge in [0.2, 0.25) is 5.91 Å². The molecule has 1 amide bonds. The smallest absolute Gasteiger partial charge is 0.329 e. The molecule has 0 aromatic rings. The monoisotopic (exact) mass is 248 g/mol. The molecule has 0 saturated carbocycles. The Labute approximate surface area is 101 Å². The number of rotatable bonds is 7. The second-order valence-corrected chi connectivity index (χ2v) is 4.52. The highest BCUT2D eigenvalue weighted by atomic mass is 32.2. The molecule has 0 aromatic heterocycles. The molecule has 0 rings (SSSR count). The van der Waals surface area contributed by atoms with Gasteiger partial charge in [0.1, 0.15) is 6.04 Å². The van der Waals surface area contributed by atoms with Crippen LogP contribution in [0.2, 0.25) is 0 Å². The van der Waals surface area contributed by atoms with Gasteiger partial charge in [-0.05, 0) is 13.3 Å². The number of nitrogens with zero attached hydrogens (tertiary/aromatic N) is 1. The average molecular weight is 248 g/mol. The van der Waals surface area contributed by atoms with Gasteiger partial charge in [-0.25, -0.2) is 4.79 Å². The van der Waals surface area contributed by atoms with E-state index in [-0.39, 0.29) is 5.91 Å². The van der Waals surface area contributed by atoms with Crippen molar-refractivity contribution in [3.63, 3.8) is 0 Å². The summed E-state index contributed by atoms with van der Waals surface area (Å²) >= 11 is 1.74. The lowest BCUT2D eigenvalue weighted by molar-refractivity contribution is -0.145. The van der Waals surface area contributed by atoms with E-state index in [0.29, 0.717) is 6.54 Å². The lowest BCUT2D eigenvalue weighted by atomic mass is 10.2. The van der Waals surface area contributed by atoms with Crippen molar-refractivity contribution in [1.29, 1.82) is 0 Å². The van der Waals surface area contributed by atoms with Crippen molar-refractivity contribution in [2.75, 3.05) is 39.3 Å². The number of likely N-dealkylation sites (N-methyl/N-ethyl adjacent to an activating group) is 1. The van der Waals surface area contributed by atoms with Gasteiger partial charge >= 0.3 is 5.97 Å². The molecule has 1 N–H and O–H groups in total. The molecule has 0 spiro atoms. The highest BCUT2D eigenvalue weighted by Crippen LogP contribution is 1.97. The van der Waals surface area contributed by atoms with Gasteiger partial charge < -0.3 is 15.0 Å². The second kappa shape index (κ2) is 8.41. The van der Waals surface area contributed by atoms with Gasteiger partial charge in [-0.15, -0.1) is 0 Å². The van der Waals surface area contributed by atoms with E-state index in [2.05, 4.69) is 10.1 Å². The number of hydrogen-bond acceptors (Lipinski definition) is 5. The van der Waals surface area contributed by atoms with Crippen LogP contribution in [0.1, 0.15) is 6.92 Å². The Hall–Kier alpha value is -0.750.